The van der Waals surface area contributed by atoms with E-state index in [-0.39, 0.29) is 0 Å². The van der Waals surface area contributed by atoms with E-state index < -0.39 is 0 Å². The summed E-state index contributed by atoms with van der Waals surface area (Å²) in [6.45, 7) is 7.35. The zero-order valence-electron chi connectivity index (χ0n) is 13.6. The van der Waals surface area contributed by atoms with Gasteiger partial charge in [-0.15, -0.1) is 10.2 Å². The number of rotatable bonds is 3. The molecule has 4 heterocycles. The molecule has 5 heteroatoms. The van der Waals surface area contributed by atoms with Crippen LogP contribution >= 0.6 is 0 Å². The van der Waals surface area contributed by atoms with Crippen LogP contribution in [0.1, 0.15) is 56.1 Å². The second-order valence-corrected chi connectivity index (χ2v) is 7.37. The minimum Gasteiger partial charge on any atom is -0.316 e. The van der Waals surface area contributed by atoms with Crippen LogP contribution in [0.2, 0.25) is 0 Å². The standard InChI is InChI=1S/C17H29N5/c1-2-9-22-16(5-1)19-20-17(22)15-6-10-21(11-7-15)13-14-4-3-8-18-12-14/h14-15,18H,1-13H2. The highest BCUT2D eigenvalue weighted by atomic mass is 15.3. The second kappa shape index (κ2) is 6.67. The number of aryl methyl sites for hydroxylation is 1. The van der Waals surface area contributed by atoms with Crippen LogP contribution in [0.25, 0.3) is 0 Å². The van der Waals surface area contributed by atoms with Crippen molar-refractivity contribution in [3.8, 4) is 0 Å². The van der Waals surface area contributed by atoms with E-state index in [9.17, 15) is 0 Å². The Hall–Kier alpha value is -0.940. The summed E-state index contributed by atoms with van der Waals surface area (Å²) >= 11 is 0. The van der Waals surface area contributed by atoms with Gasteiger partial charge >= 0.3 is 0 Å². The van der Waals surface area contributed by atoms with Crippen LogP contribution in [0.5, 0.6) is 0 Å². The third-order valence-electron chi connectivity index (χ3n) is 5.76. The highest BCUT2D eigenvalue weighted by Gasteiger charge is 2.28. The smallest absolute Gasteiger partial charge is 0.136 e. The molecule has 0 spiro atoms. The lowest BCUT2D eigenvalue weighted by molar-refractivity contribution is 0.166. The Bertz CT molecular complexity index is 483. The number of hydrogen-bond donors (Lipinski definition) is 1. The molecule has 3 aliphatic rings. The van der Waals surface area contributed by atoms with Gasteiger partial charge in [-0.2, -0.15) is 0 Å². The summed E-state index contributed by atoms with van der Waals surface area (Å²) in [4.78, 5) is 2.68. The van der Waals surface area contributed by atoms with Gasteiger partial charge in [-0.05, 0) is 70.6 Å². The maximum atomic E-state index is 4.55. The van der Waals surface area contributed by atoms with Gasteiger partial charge in [0, 0.05) is 25.4 Å². The maximum absolute atomic E-state index is 4.55. The summed E-state index contributed by atoms with van der Waals surface area (Å²) in [6, 6.07) is 0. The van der Waals surface area contributed by atoms with E-state index in [1.807, 2.05) is 0 Å². The number of hydrogen-bond acceptors (Lipinski definition) is 4. The molecule has 4 rings (SSSR count). The summed E-state index contributed by atoms with van der Waals surface area (Å²) in [5.41, 5.74) is 0. The van der Waals surface area contributed by atoms with Gasteiger partial charge in [0.1, 0.15) is 11.6 Å². The fraction of sp³-hybridized carbons (Fsp3) is 0.882. The van der Waals surface area contributed by atoms with E-state index in [1.54, 1.807) is 0 Å². The third-order valence-corrected chi connectivity index (χ3v) is 5.76. The first kappa shape index (κ1) is 14.6. The molecule has 1 atom stereocenters. The van der Waals surface area contributed by atoms with E-state index in [0.717, 1.165) is 18.9 Å². The Kier molecular flexibility index (Phi) is 4.44. The average Bonchev–Trinajstić information content (AvgIpc) is 3.01. The molecular weight excluding hydrogens is 274 g/mol. The topological polar surface area (TPSA) is 46.0 Å². The normalized spacial score (nSPS) is 27.7. The first-order valence-corrected chi connectivity index (χ1v) is 9.25. The molecule has 0 saturated carbocycles. The molecule has 1 aromatic rings. The molecule has 2 saturated heterocycles. The fourth-order valence-corrected chi connectivity index (χ4v) is 4.45. The molecule has 22 heavy (non-hydrogen) atoms. The Morgan fingerprint density at radius 2 is 1.91 bits per heavy atom. The van der Waals surface area contributed by atoms with Gasteiger partial charge in [0.25, 0.3) is 0 Å². The van der Waals surface area contributed by atoms with Crippen molar-refractivity contribution in [1.29, 1.82) is 0 Å². The van der Waals surface area contributed by atoms with Crippen molar-refractivity contribution in [2.24, 2.45) is 5.92 Å². The average molecular weight is 303 g/mol. The Labute approximate surface area is 133 Å². The van der Waals surface area contributed by atoms with Crippen LogP contribution in [0.15, 0.2) is 0 Å². The molecule has 1 N–H and O–H groups in total. The van der Waals surface area contributed by atoms with Crippen molar-refractivity contribution >= 4 is 0 Å². The maximum Gasteiger partial charge on any atom is 0.136 e. The van der Waals surface area contributed by atoms with Crippen molar-refractivity contribution in [3.63, 3.8) is 0 Å². The van der Waals surface area contributed by atoms with Gasteiger partial charge in [0.15, 0.2) is 0 Å². The van der Waals surface area contributed by atoms with E-state index in [4.69, 9.17) is 0 Å². The number of piperidine rings is 2. The number of nitrogens with zero attached hydrogens (tertiary/aromatic N) is 4. The van der Waals surface area contributed by atoms with Crippen LogP contribution in [-0.4, -0.2) is 52.4 Å². The monoisotopic (exact) mass is 303 g/mol. The molecule has 122 valence electrons. The molecule has 5 nitrogen and oxygen atoms in total. The van der Waals surface area contributed by atoms with Crippen molar-refractivity contribution in [3.05, 3.63) is 11.6 Å². The summed E-state index contributed by atoms with van der Waals surface area (Å²) < 4.78 is 2.43. The lowest BCUT2D eigenvalue weighted by Gasteiger charge is -2.35. The van der Waals surface area contributed by atoms with E-state index in [1.165, 1.54) is 82.9 Å². The Morgan fingerprint density at radius 3 is 2.73 bits per heavy atom. The fourth-order valence-electron chi connectivity index (χ4n) is 4.45. The summed E-state index contributed by atoms with van der Waals surface area (Å²) in [5.74, 6) is 4.02. The Morgan fingerprint density at radius 1 is 1.00 bits per heavy atom. The van der Waals surface area contributed by atoms with Crippen LogP contribution in [0.4, 0.5) is 0 Å². The summed E-state index contributed by atoms with van der Waals surface area (Å²) in [6.07, 6.45) is 8.99. The quantitative estimate of drug-likeness (QED) is 0.925. The zero-order valence-corrected chi connectivity index (χ0v) is 13.6. The van der Waals surface area contributed by atoms with E-state index in [2.05, 4.69) is 25.0 Å². The molecule has 0 bridgehead atoms. The minimum absolute atomic E-state index is 0.639. The van der Waals surface area contributed by atoms with Crippen molar-refractivity contribution < 1.29 is 0 Å². The van der Waals surface area contributed by atoms with Crippen molar-refractivity contribution in [2.45, 2.75) is 57.4 Å². The van der Waals surface area contributed by atoms with Crippen LogP contribution in [0, 0.1) is 5.92 Å². The lowest BCUT2D eigenvalue weighted by Crippen LogP contribution is -2.41. The van der Waals surface area contributed by atoms with E-state index in [0.29, 0.717) is 5.92 Å². The molecule has 0 amide bonds. The van der Waals surface area contributed by atoms with Crippen LogP contribution < -0.4 is 5.32 Å². The number of nitrogens with one attached hydrogen (secondary N) is 1. The second-order valence-electron chi connectivity index (χ2n) is 7.37. The molecule has 1 unspecified atom stereocenters. The summed E-state index contributed by atoms with van der Waals surface area (Å²) in [7, 11) is 0. The number of fused-ring (bicyclic) bond motifs is 1. The van der Waals surface area contributed by atoms with Gasteiger partial charge < -0.3 is 14.8 Å². The van der Waals surface area contributed by atoms with Crippen LogP contribution in [-0.2, 0) is 13.0 Å². The molecular formula is C17H29N5. The minimum atomic E-state index is 0.639. The molecule has 3 aliphatic heterocycles. The highest BCUT2D eigenvalue weighted by Crippen LogP contribution is 2.29. The van der Waals surface area contributed by atoms with E-state index >= 15 is 0 Å². The molecule has 0 radical (unpaired) electrons. The molecule has 0 aromatic carbocycles. The highest BCUT2D eigenvalue weighted by molar-refractivity contribution is 5.05. The van der Waals surface area contributed by atoms with Gasteiger partial charge in [-0.3, -0.25) is 0 Å². The van der Waals surface area contributed by atoms with Gasteiger partial charge in [-0.25, -0.2) is 0 Å². The Balaban J connectivity index is 1.32. The first-order chi connectivity index (χ1) is 10.9. The van der Waals surface area contributed by atoms with Crippen molar-refractivity contribution in [1.82, 2.24) is 25.0 Å². The zero-order chi connectivity index (χ0) is 14.8. The third kappa shape index (κ3) is 3.06. The number of aromatic nitrogens is 3. The number of likely N-dealkylation sites (tertiary alicyclic amines) is 1. The van der Waals surface area contributed by atoms with Gasteiger partial charge in [0.05, 0.1) is 0 Å². The molecule has 1 aromatic heterocycles. The van der Waals surface area contributed by atoms with Crippen LogP contribution in [0.3, 0.4) is 0 Å². The predicted molar refractivity (Wildman–Crippen MR) is 87.0 cm³/mol. The molecule has 0 aliphatic carbocycles. The summed E-state index contributed by atoms with van der Waals surface area (Å²) in [5, 5.41) is 12.5. The largest absolute Gasteiger partial charge is 0.316 e. The first-order valence-electron chi connectivity index (χ1n) is 9.25. The lowest BCUT2D eigenvalue weighted by atomic mass is 9.93. The SMILES string of the molecule is C1CCn2c(nnc2C2CCN(CC3CCCNC3)CC2)C1. The van der Waals surface area contributed by atoms with Crippen molar-refractivity contribution in [2.75, 3.05) is 32.7 Å². The predicted octanol–water partition coefficient (Wildman–Crippen LogP) is 1.79. The van der Waals surface area contributed by atoms with Gasteiger partial charge in [0.2, 0.25) is 0 Å². The van der Waals surface area contributed by atoms with Gasteiger partial charge in [-0.1, -0.05) is 0 Å². The molecule has 2 fully saturated rings.